The highest BCUT2D eigenvalue weighted by atomic mass is 16.5. The van der Waals surface area contributed by atoms with E-state index in [4.69, 9.17) is 15.2 Å². The van der Waals surface area contributed by atoms with E-state index in [2.05, 4.69) is 15.2 Å². The van der Waals surface area contributed by atoms with Crippen molar-refractivity contribution in [2.45, 2.75) is 0 Å². The minimum absolute atomic E-state index is 0.286. The van der Waals surface area contributed by atoms with Crippen LogP contribution in [0.5, 0.6) is 17.4 Å². The SMILES string of the molecule is COc1ccc(Oc2cc3n[nH]c(=O)n3cn2)c(N)c1. The molecular weight excluding hydrogens is 262 g/mol. The third-order valence-electron chi connectivity index (χ3n) is 2.72. The van der Waals surface area contributed by atoms with Gasteiger partial charge in [-0.15, -0.1) is 0 Å². The summed E-state index contributed by atoms with van der Waals surface area (Å²) in [5.74, 6) is 1.37. The molecular formula is C12H11N5O3. The summed E-state index contributed by atoms with van der Waals surface area (Å²) in [4.78, 5) is 15.3. The molecule has 0 saturated carbocycles. The molecule has 1 aromatic carbocycles. The highest BCUT2D eigenvalue weighted by molar-refractivity contribution is 5.57. The van der Waals surface area contributed by atoms with Crippen molar-refractivity contribution in [2.24, 2.45) is 0 Å². The van der Waals surface area contributed by atoms with E-state index < -0.39 is 0 Å². The number of rotatable bonds is 3. The molecule has 0 saturated heterocycles. The number of hydrogen-bond donors (Lipinski definition) is 2. The summed E-state index contributed by atoms with van der Waals surface area (Å²) < 4.78 is 11.9. The van der Waals surface area contributed by atoms with E-state index in [1.54, 1.807) is 25.3 Å². The fourth-order valence-electron chi connectivity index (χ4n) is 1.71. The van der Waals surface area contributed by atoms with Crippen molar-refractivity contribution >= 4 is 11.3 Å². The number of aromatic amines is 1. The van der Waals surface area contributed by atoms with Gasteiger partial charge in [0, 0.05) is 12.1 Å². The highest BCUT2D eigenvalue weighted by Gasteiger charge is 2.07. The number of hydrogen-bond acceptors (Lipinski definition) is 6. The zero-order chi connectivity index (χ0) is 14.1. The van der Waals surface area contributed by atoms with Crippen LogP contribution in [0.15, 0.2) is 35.4 Å². The summed E-state index contributed by atoms with van der Waals surface area (Å²) in [6, 6.07) is 6.58. The quantitative estimate of drug-likeness (QED) is 0.683. The topological polar surface area (TPSA) is 108 Å². The van der Waals surface area contributed by atoms with Crippen molar-refractivity contribution in [3.8, 4) is 17.4 Å². The van der Waals surface area contributed by atoms with E-state index in [0.717, 1.165) is 0 Å². The first-order valence-corrected chi connectivity index (χ1v) is 5.71. The molecule has 0 aliphatic heterocycles. The lowest BCUT2D eigenvalue weighted by atomic mass is 10.3. The lowest BCUT2D eigenvalue weighted by Gasteiger charge is -2.08. The van der Waals surface area contributed by atoms with Crippen LogP contribution in [0.4, 0.5) is 5.69 Å². The van der Waals surface area contributed by atoms with Gasteiger partial charge in [0.25, 0.3) is 0 Å². The molecule has 8 nitrogen and oxygen atoms in total. The molecule has 0 unspecified atom stereocenters. The number of nitrogens with two attached hydrogens (primary N) is 1. The van der Waals surface area contributed by atoms with Crippen LogP contribution in [0.3, 0.4) is 0 Å². The summed E-state index contributed by atoms with van der Waals surface area (Å²) in [6.07, 6.45) is 1.33. The number of benzene rings is 1. The molecule has 2 aromatic heterocycles. The minimum Gasteiger partial charge on any atom is -0.497 e. The largest absolute Gasteiger partial charge is 0.497 e. The molecule has 0 bridgehead atoms. The fourth-order valence-corrected chi connectivity index (χ4v) is 1.71. The lowest BCUT2D eigenvalue weighted by Crippen LogP contribution is -2.09. The normalized spacial score (nSPS) is 10.7. The number of nitrogens with one attached hydrogen (secondary N) is 1. The number of anilines is 1. The summed E-state index contributed by atoms with van der Waals surface area (Å²) in [7, 11) is 1.56. The molecule has 0 fully saturated rings. The van der Waals surface area contributed by atoms with E-state index in [-0.39, 0.29) is 11.6 Å². The van der Waals surface area contributed by atoms with Crippen molar-refractivity contribution < 1.29 is 9.47 Å². The average Bonchev–Trinajstić information content (AvgIpc) is 2.82. The Balaban J connectivity index is 1.94. The Hall–Kier alpha value is -3.03. The van der Waals surface area contributed by atoms with Crippen LogP contribution in [0.2, 0.25) is 0 Å². The summed E-state index contributed by atoms with van der Waals surface area (Å²) in [5, 5.41) is 6.14. The predicted molar refractivity (Wildman–Crippen MR) is 71.1 cm³/mol. The second-order valence-corrected chi connectivity index (χ2v) is 3.99. The minimum atomic E-state index is -0.358. The molecule has 8 heteroatoms. The van der Waals surface area contributed by atoms with Crippen molar-refractivity contribution in [3.05, 3.63) is 41.1 Å². The number of methoxy groups -OCH3 is 1. The van der Waals surface area contributed by atoms with E-state index >= 15 is 0 Å². The summed E-state index contributed by atoms with van der Waals surface area (Å²) in [6.45, 7) is 0. The van der Waals surface area contributed by atoms with Crippen LogP contribution < -0.4 is 20.9 Å². The fraction of sp³-hybridized carbons (Fsp3) is 0.0833. The number of ether oxygens (including phenoxy) is 2. The second-order valence-electron chi connectivity index (χ2n) is 3.99. The number of nitrogen functional groups attached to an aromatic ring is 1. The van der Waals surface area contributed by atoms with Crippen LogP contribution in [0.25, 0.3) is 5.65 Å². The van der Waals surface area contributed by atoms with Gasteiger partial charge in [-0.1, -0.05) is 0 Å². The molecule has 0 amide bonds. The first-order valence-electron chi connectivity index (χ1n) is 5.71. The lowest BCUT2D eigenvalue weighted by molar-refractivity contribution is 0.412. The molecule has 20 heavy (non-hydrogen) atoms. The first kappa shape index (κ1) is 12.0. The Morgan fingerprint density at radius 1 is 1.35 bits per heavy atom. The smallest absolute Gasteiger partial charge is 0.348 e. The van der Waals surface area contributed by atoms with Crippen LogP contribution >= 0.6 is 0 Å². The standard InChI is InChI=1S/C12H11N5O3/c1-19-7-2-3-9(8(13)4-7)20-11-5-10-15-16-12(18)17(10)6-14-11/h2-6H,13H2,1H3,(H,16,18). The zero-order valence-electron chi connectivity index (χ0n) is 10.5. The van der Waals surface area contributed by atoms with Gasteiger partial charge in [-0.25, -0.2) is 19.3 Å². The second kappa shape index (κ2) is 4.57. The molecule has 102 valence electrons. The molecule has 0 spiro atoms. The zero-order valence-corrected chi connectivity index (χ0v) is 10.5. The van der Waals surface area contributed by atoms with E-state index in [1.807, 2.05) is 0 Å². The molecule has 2 heterocycles. The van der Waals surface area contributed by atoms with Gasteiger partial charge in [0.15, 0.2) is 11.4 Å². The Kier molecular flexibility index (Phi) is 2.75. The molecule has 0 atom stereocenters. The van der Waals surface area contributed by atoms with Gasteiger partial charge in [0.1, 0.15) is 12.1 Å². The van der Waals surface area contributed by atoms with E-state index in [9.17, 15) is 4.79 Å². The maximum atomic E-state index is 11.3. The first-order chi connectivity index (χ1) is 9.67. The van der Waals surface area contributed by atoms with Crippen LogP contribution in [0.1, 0.15) is 0 Å². The van der Waals surface area contributed by atoms with Crippen LogP contribution in [0, 0.1) is 0 Å². The van der Waals surface area contributed by atoms with Gasteiger partial charge in [0.05, 0.1) is 12.8 Å². The summed E-state index contributed by atoms with van der Waals surface area (Å²) in [5.41, 5.74) is 6.32. The van der Waals surface area contributed by atoms with Crippen LogP contribution in [-0.4, -0.2) is 26.7 Å². The number of fused-ring (bicyclic) bond motifs is 1. The third-order valence-corrected chi connectivity index (χ3v) is 2.72. The van der Waals surface area contributed by atoms with Gasteiger partial charge in [-0.2, -0.15) is 5.10 Å². The predicted octanol–water partition coefficient (Wildman–Crippen LogP) is 0.801. The molecule has 0 aliphatic carbocycles. The van der Waals surface area contributed by atoms with Gasteiger partial charge in [0.2, 0.25) is 5.88 Å². The van der Waals surface area contributed by atoms with Crippen molar-refractivity contribution in [2.75, 3.05) is 12.8 Å². The molecule has 3 N–H and O–H groups in total. The Morgan fingerprint density at radius 2 is 2.20 bits per heavy atom. The summed E-state index contributed by atoms with van der Waals surface area (Å²) >= 11 is 0. The Morgan fingerprint density at radius 3 is 2.95 bits per heavy atom. The Bertz CT molecular complexity index is 823. The van der Waals surface area contributed by atoms with Gasteiger partial charge in [-0.05, 0) is 12.1 Å². The van der Waals surface area contributed by atoms with Crippen LogP contribution in [-0.2, 0) is 0 Å². The van der Waals surface area contributed by atoms with Crippen molar-refractivity contribution in [1.82, 2.24) is 19.6 Å². The maximum absolute atomic E-state index is 11.3. The Labute approximate surface area is 112 Å². The van der Waals surface area contributed by atoms with Gasteiger partial charge >= 0.3 is 5.69 Å². The number of nitrogens with zero attached hydrogens (tertiary/aromatic N) is 3. The van der Waals surface area contributed by atoms with E-state index in [1.165, 1.54) is 16.8 Å². The number of H-pyrrole nitrogens is 1. The molecule has 3 aromatic rings. The van der Waals surface area contributed by atoms with Crippen molar-refractivity contribution in [3.63, 3.8) is 0 Å². The maximum Gasteiger partial charge on any atom is 0.348 e. The monoisotopic (exact) mass is 273 g/mol. The molecule has 0 radical (unpaired) electrons. The number of aromatic nitrogens is 4. The third kappa shape index (κ3) is 2.03. The van der Waals surface area contributed by atoms with Crippen molar-refractivity contribution in [1.29, 1.82) is 0 Å². The van der Waals surface area contributed by atoms with Gasteiger partial charge < -0.3 is 15.2 Å². The average molecular weight is 273 g/mol. The van der Waals surface area contributed by atoms with Gasteiger partial charge in [-0.3, -0.25) is 0 Å². The highest BCUT2D eigenvalue weighted by Crippen LogP contribution is 2.29. The molecule has 3 rings (SSSR count). The molecule has 0 aliphatic rings. The van der Waals surface area contributed by atoms with E-state index in [0.29, 0.717) is 22.8 Å².